The Kier molecular flexibility index (Phi) is 6.32. The van der Waals surface area contributed by atoms with Crippen molar-refractivity contribution in [1.82, 2.24) is 5.32 Å². The first-order valence-electron chi connectivity index (χ1n) is 6.08. The summed E-state index contributed by atoms with van der Waals surface area (Å²) in [4.78, 5) is 10.5. The van der Waals surface area contributed by atoms with Crippen LogP contribution < -0.4 is 5.32 Å². The van der Waals surface area contributed by atoms with Gasteiger partial charge in [0.05, 0.1) is 4.92 Å². The third kappa shape index (κ3) is 4.81. The van der Waals surface area contributed by atoms with Gasteiger partial charge in [0.2, 0.25) is 0 Å². The van der Waals surface area contributed by atoms with Crippen molar-refractivity contribution in [3.05, 3.63) is 39.4 Å². The van der Waals surface area contributed by atoms with E-state index in [0.29, 0.717) is 12.1 Å². The molecular weight excluding hydrogens is 232 g/mol. The van der Waals surface area contributed by atoms with E-state index in [1.807, 2.05) is 6.07 Å². The van der Waals surface area contributed by atoms with Gasteiger partial charge >= 0.3 is 0 Å². The number of unbranched alkanes of at least 4 members (excludes halogenated alkanes) is 1. The van der Waals surface area contributed by atoms with Crippen LogP contribution in [-0.2, 0) is 11.3 Å². The Balaban J connectivity index is 2.38. The second-order valence-corrected chi connectivity index (χ2v) is 4.25. The molecule has 1 N–H and O–H groups in total. The fourth-order valence-electron chi connectivity index (χ4n) is 1.69. The van der Waals surface area contributed by atoms with E-state index >= 15 is 0 Å². The minimum Gasteiger partial charge on any atom is -0.385 e. The van der Waals surface area contributed by atoms with Crippen LogP contribution in [0.15, 0.2) is 18.2 Å². The molecule has 0 saturated heterocycles. The highest BCUT2D eigenvalue weighted by Gasteiger charge is 2.10. The molecule has 0 amide bonds. The van der Waals surface area contributed by atoms with Crippen LogP contribution in [-0.4, -0.2) is 25.2 Å². The van der Waals surface area contributed by atoms with E-state index < -0.39 is 0 Å². The summed E-state index contributed by atoms with van der Waals surface area (Å²) >= 11 is 0. The molecule has 18 heavy (non-hydrogen) atoms. The van der Waals surface area contributed by atoms with Crippen molar-refractivity contribution in [3.8, 4) is 0 Å². The van der Waals surface area contributed by atoms with Gasteiger partial charge in [-0.05, 0) is 31.9 Å². The van der Waals surface area contributed by atoms with Gasteiger partial charge in [0.25, 0.3) is 5.69 Å². The molecule has 0 saturated carbocycles. The van der Waals surface area contributed by atoms with Crippen LogP contribution in [0.3, 0.4) is 0 Å². The topological polar surface area (TPSA) is 64.4 Å². The van der Waals surface area contributed by atoms with Crippen LogP contribution in [0.5, 0.6) is 0 Å². The Morgan fingerprint density at radius 1 is 1.39 bits per heavy atom. The van der Waals surface area contributed by atoms with Gasteiger partial charge in [-0.15, -0.1) is 0 Å². The van der Waals surface area contributed by atoms with Crippen LogP contribution >= 0.6 is 0 Å². The number of nitrogens with zero attached hydrogens (tertiary/aromatic N) is 1. The molecular formula is C13H20N2O3. The number of hydrogen-bond acceptors (Lipinski definition) is 4. The Hall–Kier alpha value is -1.46. The van der Waals surface area contributed by atoms with Gasteiger partial charge in [0.1, 0.15) is 0 Å². The number of hydrogen-bond donors (Lipinski definition) is 1. The fourth-order valence-corrected chi connectivity index (χ4v) is 1.69. The summed E-state index contributed by atoms with van der Waals surface area (Å²) in [5.74, 6) is 0. The van der Waals surface area contributed by atoms with E-state index in [4.69, 9.17) is 4.74 Å². The smallest absolute Gasteiger partial charge is 0.272 e. The number of methoxy groups -OCH3 is 1. The van der Waals surface area contributed by atoms with Crippen LogP contribution in [0.2, 0.25) is 0 Å². The lowest BCUT2D eigenvalue weighted by atomic mass is 10.1. The zero-order chi connectivity index (χ0) is 13.4. The van der Waals surface area contributed by atoms with Crippen molar-refractivity contribution < 1.29 is 9.66 Å². The SMILES string of the molecule is COCCCCNCc1ccc(C)c([N+](=O)[O-])c1. The van der Waals surface area contributed by atoms with E-state index in [-0.39, 0.29) is 10.6 Å². The van der Waals surface area contributed by atoms with Crippen molar-refractivity contribution in [2.24, 2.45) is 0 Å². The van der Waals surface area contributed by atoms with Gasteiger partial charge in [-0.2, -0.15) is 0 Å². The van der Waals surface area contributed by atoms with Crippen LogP contribution in [0.25, 0.3) is 0 Å². The minimum absolute atomic E-state index is 0.189. The van der Waals surface area contributed by atoms with Gasteiger partial charge in [-0.1, -0.05) is 12.1 Å². The summed E-state index contributed by atoms with van der Waals surface area (Å²) in [6, 6.07) is 5.35. The predicted molar refractivity (Wildman–Crippen MR) is 70.7 cm³/mol. The molecule has 0 radical (unpaired) electrons. The normalized spacial score (nSPS) is 10.6. The fraction of sp³-hybridized carbons (Fsp3) is 0.538. The third-order valence-corrected chi connectivity index (χ3v) is 2.75. The molecule has 0 aliphatic heterocycles. The number of benzene rings is 1. The van der Waals surface area contributed by atoms with E-state index in [1.54, 1.807) is 26.2 Å². The Morgan fingerprint density at radius 3 is 2.83 bits per heavy atom. The lowest BCUT2D eigenvalue weighted by Crippen LogP contribution is -2.15. The highest BCUT2D eigenvalue weighted by Crippen LogP contribution is 2.18. The second-order valence-electron chi connectivity index (χ2n) is 4.25. The summed E-state index contributed by atoms with van der Waals surface area (Å²) in [5.41, 5.74) is 1.83. The molecule has 0 heterocycles. The van der Waals surface area contributed by atoms with Crippen molar-refractivity contribution in [3.63, 3.8) is 0 Å². The van der Waals surface area contributed by atoms with E-state index in [9.17, 15) is 10.1 Å². The Labute approximate surface area is 107 Å². The maximum Gasteiger partial charge on any atom is 0.272 e. The maximum atomic E-state index is 10.8. The minimum atomic E-state index is -0.336. The molecule has 5 heteroatoms. The van der Waals surface area contributed by atoms with Gasteiger partial charge in [0.15, 0.2) is 0 Å². The highest BCUT2D eigenvalue weighted by molar-refractivity contribution is 5.42. The molecule has 5 nitrogen and oxygen atoms in total. The zero-order valence-electron chi connectivity index (χ0n) is 10.9. The molecule has 0 fully saturated rings. The molecule has 0 spiro atoms. The van der Waals surface area contributed by atoms with Crippen molar-refractivity contribution in [2.75, 3.05) is 20.3 Å². The predicted octanol–water partition coefficient (Wildman–Crippen LogP) is 2.42. The first-order chi connectivity index (χ1) is 8.65. The molecule has 0 aliphatic rings. The monoisotopic (exact) mass is 252 g/mol. The average molecular weight is 252 g/mol. The molecule has 0 aromatic heterocycles. The summed E-state index contributed by atoms with van der Waals surface area (Å²) in [6.45, 7) is 4.08. The van der Waals surface area contributed by atoms with E-state index in [0.717, 1.165) is 31.6 Å². The zero-order valence-corrected chi connectivity index (χ0v) is 10.9. The summed E-state index contributed by atoms with van der Waals surface area (Å²) < 4.78 is 4.96. The Morgan fingerprint density at radius 2 is 2.17 bits per heavy atom. The molecule has 0 unspecified atom stereocenters. The highest BCUT2D eigenvalue weighted by atomic mass is 16.6. The molecule has 100 valence electrons. The van der Waals surface area contributed by atoms with E-state index in [1.165, 1.54) is 0 Å². The van der Waals surface area contributed by atoms with Crippen LogP contribution in [0, 0.1) is 17.0 Å². The summed E-state index contributed by atoms with van der Waals surface area (Å²) in [6.07, 6.45) is 2.07. The number of ether oxygens (including phenoxy) is 1. The molecule has 1 rings (SSSR count). The lowest BCUT2D eigenvalue weighted by molar-refractivity contribution is -0.385. The van der Waals surface area contributed by atoms with Crippen molar-refractivity contribution in [1.29, 1.82) is 0 Å². The number of nitrogens with one attached hydrogen (secondary N) is 1. The molecule has 1 aromatic rings. The van der Waals surface area contributed by atoms with Crippen molar-refractivity contribution >= 4 is 5.69 Å². The largest absolute Gasteiger partial charge is 0.385 e. The number of rotatable bonds is 8. The number of nitro benzene ring substituents is 1. The number of nitro groups is 1. The van der Waals surface area contributed by atoms with E-state index in [2.05, 4.69) is 5.32 Å². The molecule has 0 bridgehead atoms. The van der Waals surface area contributed by atoms with Gasteiger partial charge < -0.3 is 10.1 Å². The molecule has 0 atom stereocenters. The average Bonchev–Trinajstić information content (AvgIpc) is 2.35. The number of aryl methyl sites for hydroxylation is 1. The molecule has 0 aliphatic carbocycles. The van der Waals surface area contributed by atoms with Gasteiger partial charge in [0, 0.05) is 31.9 Å². The standard InChI is InChI=1S/C13H20N2O3/c1-11-5-6-12(9-13(11)15(16)17)10-14-7-3-4-8-18-2/h5-6,9,14H,3-4,7-8,10H2,1-2H3. The second kappa shape index (κ2) is 7.79. The van der Waals surface area contributed by atoms with Gasteiger partial charge in [-0.3, -0.25) is 10.1 Å². The van der Waals surface area contributed by atoms with Gasteiger partial charge in [-0.25, -0.2) is 0 Å². The third-order valence-electron chi connectivity index (χ3n) is 2.75. The van der Waals surface area contributed by atoms with Crippen LogP contribution in [0.4, 0.5) is 5.69 Å². The summed E-state index contributed by atoms with van der Waals surface area (Å²) in [5, 5.41) is 14.1. The van der Waals surface area contributed by atoms with Crippen LogP contribution in [0.1, 0.15) is 24.0 Å². The first kappa shape index (κ1) is 14.6. The Bertz CT molecular complexity index is 394. The maximum absolute atomic E-state index is 10.8. The summed E-state index contributed by atoms with van der Waals surface area (Å²) in [7, 11) is 1.69. The quantitative estimate of drug-likeness (QED) is 0.438. The molecule has 1 aromatic carbocycles. The van der Waals surface area contributed by atoms with Crippen molar-refractivity contribution in [2.45, 2.75) is 26.3 Å². The lowest BCUT2D eigenvalue weighted by Gasteiger charge is -2.05. The first-order valence-corrected chi connectivity index (χ1v) is 6.08.